The number of hydrogen-bond acceptors (Lipinski definition) is 4. The third-order valence-corrected chi connectivity index (χ3v) is 3.91. The fraction of sp³-hybridized carbons (Fsp3) is 0.667. The quantitative estimate of drug-likeness (QED) is 0.451. The van der Waals surface area contributed by atoms with Gasteiger partial charge in [-0.05, 0) is 39.3 Å². The van der Waals surface area contributed by atoms with E-state index in [1.165, 1.54) is 0 Å². The Morgan fingerprint density at radius 1 is 1.29 bits per heavy atom. The molecular weight excluding hydrogens is 302 g/mol. The Morgan fingerprint density at radius 3 is 2.75 bits per heavy atom. The van der Waals surface area contributed by atoms with Gasteiger partial charge in [0.25, 0.3) is 0 Å². The van der Waals surface area contributed by atoms with Crippen molar-refractivity contribution in [3.63, 3.8) is 0 Å². The van der Waals surface area contributed by atoms with E-state index in [9.17, 15) is 0 Å². The third-order valence-electron chi connectivity index (χ3n) is 3.91. The summed E-state index contributed by atoms with van der Waals surface area (Å²) in [5, 5.41) is 6.69. The molecule has 0 aliphatic carbocycles. The van der Waals surface area contributed by atoms with Crippen molar-refractivity contribution in [1.29, 1.82) is 0 Å². The fourth-order valence-electron chi connectivity index (χ4n) is 2.97. The Morgan fingerprint density at radius 2 is 2.08 bits per heavy atom. The summed E-state index contributed by atoms with van der Waals surface area (Å²) in [6.45, 7) is 11.9. The molecule has 24 heavy (non-hydrogen) atoms. The molecule has 1 aromatic heterocycles. The van der Waals surface area contributed by atoms with Crippen molar-refractivity contribution < 1.29 is 4.74 Å². The summed E-state index contributed by atoms with van der Waals surface area (Å²) in [5.41, 5.74) is 0.978. The summed E-state index contributed by atoms with van der Waals surface area (Å²) in [6, 6.07) is 5.90. The zero-order chi connectivity index (χ0) is 17.2. The van der Waals surface area contributed by atoms with Gasteiger partial charge in [0.1, 0.15) is 0 Å². The molecule has 1 aromatic rings. The Labute approximate surface area is 145 Å². The number of hydrogen-bond donors (Lipinski definition) is 2. The molecule has 2 unspecified atom stereocenters. The van der Waals surface area contributed by atoms with E-state index in [2.05, 4.69) is 46.3 Å². The SMILES string of the molecule is CCNC(=NCc1ccccn1)NCCCN1CC(C)OC(C)C1. The van der Waals surface area contributed by atoms with Crippen molar-refractivity contribution in [1.82, 2.24) is 20.5 Å². The highest BCUT2D eigenvalue weighted by atomic mass is 16.5. The molecule has 0 saturated carbocycles. The summed E-state index contributed by atoms with van der Waals surface area (Å²) in [7, 11) is 0. The van der Waals surface area contributed by atoms with Crippen LogP contribution in [0.1, 0.15) is 32.9 Å². The maximum Gasteiger partial charge on any atom is 0.191 e. The molecule has 6 nitrogen and oxygen atoms in total. The minimum absolute atomic E-state index is 0.332. The van der Waals surface area contributed by atoms with E-state index >= 15 is 0 Å². The highest BCUT2D eigenvalue weighted by Crippen LogP contribution is 2.10. The second kappa shape index (κ2) is 10.3. The zero-order valence-electron chi connectivity index (χ0n) is 15.2. The molecule has 0 spiro atoms. The van der Waals surface area contributed by atoms with Gasteiger partial charge in [-0.15, -0.1) is 0 Å². The van der Waals surface area contributed by atoms with Crippen LogP contribution in [0.15, 0.2) is 29.4 Å². The molecule has 0 bridgehead atoms. The molecule has 2 atom stereocenters. The van der Waals surface area contributed by atoms with Gasteiger partial charge in [0.05, 0.1) is 24.4 Å². The first-order chi connectivity index (χ1) is 11.7. The van der Waals surface area contributed by atoms with Gasteiger partial charge in [-0.3, -0.25) is 9.88 Å². The average molecular weight is 333 g/mol. The van der Waals surface area contributed by atoms with E-state index in [0.717, 1.165) is 50.8 Å². The highest BCUT2D eigenvalue weighted by molar-refractivity contribution is 5.79. The second-order valence-electron chi connectivity index (χ2n) is 6.31. The number of aliphatic imine (C=N–C) groups is 1. The number of guanidine groups is 1. The van der Waals surface area contributed by atoms with Crippen molar-refractivity contribution in [3.8, 4) is 0 Å². The number of nitrogens with zero attached hydrogens (tertiary/aromatic N) is 3. The molecule has 134 valence electrons. The van der Waals surface area contributed by atoms with Gasteiger partial charge in [-0.25, -0.2) is 4.99 Å². The maximum atomic E-state index is 5.77. The molecule has 2 heterocycles. The second-order valence-corrected chi connectivity index (χ2v) is 6.31. The standard InChI is InChI=1S/C18H31N5O/c1-4-19-18(22-12-17-8-5-6-9-20-17)21-10-7-11-23-13-15(2)24-16(3)14-23/h5-6,8-9,15-16H,4,7,10-14H2,1-3H3,(H2,19,21,22). The van der Waals surface area contributed by atoms with Crippen LogP contribution in [0.2, 0.25) is 0 Å². The molecule has 6 heteroatoms. The first-order valence-electron chi connectivity index (χ1n) is 8.97. The lowest BCUT2D eigenvalue weighted by molar-refractivity contribution is -0.0679. The van der Waals surface area contributed by atoms with Gasteiger partial charge < -0.3 is 15.4 Å². The van der Waals surface area contributed by atoms with Crippen molar-refractivity contribution >= 4 is 5.96 Å². The van der Waals surface area contributed by atoms with Crippen LogP contribution < -0.4 is 10.6 Å². The topological polar surface area (TPSA) is 61.8 Å². The monoisotopic (exact) mass is 333 g/mol. The van der Waals surface area contributed by atoms with Gasteiger partial charge in [0, 0.05) is 38.9 Å². The number of ether oxygens (including phenoxy) is 1. The van der Waals surface area contributed by atoms with E-state index in [1.54, 1.807) is 6.20 Å². The first kappa shape index (κ1) is 18.7. The Bertz CT molecular complexity index is 483. The maximum absolute atomic E-state index is 5.77. The van der Waals surface area contributed by atoms with Crippen LogP contribution in [0.25, 0.3) is 0 Å². The molecule has 0 aromatic carbocycles. The first-order valence-corrected chi connectivity index (χ1v) is 8.97. The minimum Gasteiger partial charge on any atom is -0.373 e. The van der Waals surface area contributed by atoms with Crippen LogP contribution in [-0.2, 0) is 11.3 Å². The van der Waals surface area contributed by atoms with Crippen molar-refractivity contribution in [2.75, 3.05) is 32.7 Å². The summed E-state index contributed by atoms with van der Waals surface area (Å²) >= 11 is 0. The van der Waals surface area contributed by atoms with Crippen LogP contribution in [-0.4, -0.2) is 60.8 Å². The molecule has 1 fully saturated rings. The molecule has 1 aliphatic heterocycles. The molecule has 1 aliphatic rings. The molecular formula is C18H31N5O. The Balaban J connectivity index is 1.71. The van der Waals surface area contributed by atoms with E-state index in [0.29, 0.717) is 18.8 Å². The van der Waals surface area contributed by atoms with E-state index < -0.39 is 0 Å². The Kier molecular flexibility index (Phi) is 7.98. The molecule has 0 amide bonds. The van der Waals surface area contributed by atoms with E-state index in [4.69, 9.17) is 4.74 Å². The van der Waals surface area contributed by atoms with E-state index in [1.807, 2.05) is 18.2 Å². The fourth-order valence-corrected chi connectivity index (χ4v) is 2.97. The summed E-state index contributed by atoms with van der Waals surface area (Å²) in [4.78, 5) is 11.4. The predicted octanol–water partition coefficient (Wildman–Crippen LogP) is 1.64. The van der Waals surface area contributed by atoms with Crippen LogP contribution in [0.3, 0.4) is 0 Å². The van der Waals surface area contributed by atoms with Crippen molar-refractivity contribution in [3.05, 3.63) is 30.1 Å². The Hall–Kier alpha value is -1.66. The van der Waals surface area contributed by atoms with Gasteiger partial charge >= 0.3 is 0 Å². The van der Waals surface area contributed by atoms with Gasteiger partial charge in [-0.1, -0.05) is 6.07 Å². The lowest BCUT2D eigenvalue weighted by atomic mass is 10.2. The van der Waals surface area contributed by atoms with Gasteiger partial charge in [0.15, 0.2) is 5.96 Å². The number of morpholine rings is 1. The lowest BCUT2D eigenvalue weighted by Gasteiger charge is -2.35. The molecule has 2 rings (SSSR count). The van der Waals surface area contributed by atoms with Crippen LogP contribution in [0, 0.1) is 0 Å². The van der Waals surface area contributed by atoms with Gasteiger partial charge in [0.2, 0.25) is 0 Å². The largest absolute Gasteiger partial charge is 0.373 e. The number of aromatic nitrogens is 1. The third kappa shape index (κ3) is 6.84. The van der Waals surface area contributed by atoms with Gasteiger partial charge in [-0.2, -0.15) is 0 Å². The average Bonchev–Trinajstić information content (AvgIpc) is 2.56. The highest BCUT2D eigenvalue weighted by Gasteiger charge is 2.21. The number of pyridine rings is 1. The number of rotatable bonds is 7. The predicted molar refractivity (Wildman–Crippen MR) is 98.1 cm³/mol. The minimum atomic E-state index is 0.332. The van der Waals surface area contributed by atoms with Crippen LogP contribution >= 0.6 is 0 Å². The molecule has 0 radical (unpaired) electrons. The van der Waals surface area contributed by atoms with Crippen molar-refractivity contribution in [2.24, 2.45) is 4.99 Å². The van der Waals surface area contributed by atoms with Crippen molar-refractivity contribution in [2.45, 2.75) is 45.9 Å². The smallest absolute Gasteiger partial charge is 0.191 e. The van der Waals surface area contributed by atoms with Crippen LogP contribution in [0.4, 0.5) is 0 Å². The summed E-state index contributed by atoms with van der Waals surface area (Å²) < 4.78 is 5.77. The molecule has 1 saturated heterocycles. The zero-order valence-corrected chi connectivity index (χ0v) is 15.2. The molecule has 2 N–H and O–H groups in total. The van der Waals surface area contributed by atoms with Crippen LogP contribution in [0.5, 0.6) is 0 Å². The normalized spacial score (nSPS) is 22.4. The lowest BCUT2D eigenvalue weighted by Crippen LogP contribution is -2.46. The summed E-state index contributed by atoms with van der Waals surface area (Å²) in [5.74, 6) is 0.854. The van der Waals surface area contributed by atoms with E-state index in [-0.39, 0.29) is 0 Å². The number of nitrogens with one attached hydrogen (secondary N) is 2. The summed E-state index contributed by atoms with van der Waals surface area (Å²) in [6.07, 6.45) is 3.56.